The second kappa shape index (κ2) is 8.74. The van der Waals surface area contributed by atoms with Crippen molar-refractivity contribution in [2.24, 2.45) is 17.8 Å². The number of para-hydroxylation sites is 2. The number of carbonyl (C=O) groups is 2. The van der Waals surface area contributed by atoms with Crippen molar-refractivity contribution in [3.05, 3.63) is 93.5 Å². The van der Waals surface area contributed by atoms with Gasteiger partial charge in [0.1, 0.15) is 17.1 Å². The van der Waals surface area contributed by atoms with Crippen LogP contribution in [0.4, 0.5) is 5.69 Å². The van der Waals surface area contributed by atoms with Gasteiger partial charge in [-0.3, -0.25) is 24.3 Å². The fourth-order valence-electron chi connectivity index (χ4n) is 7.00. The number of imide groups is 1. The number of aromatic nitrogens is 2. The van der Waals surface area contributed by atoms with Crippen LogP contribution in [0, 0.1) is 17.8 Å². The number of nitrogens with one attached hydrogen (secondary N) is 1. The number of halogens is 1. The van der Waals surface area contributed by atoms with Crippen molar-refractivity contribution in [3.63, 3.8) is 0 Å². The first-order chi connectivity index (χ1) is 19.3. The Morgan fingerprint density at radius 3 is 2.52 bits per heavy atom. The summed E-state index contributed by atoms with van der Waals surface area (Å²) in [5.74, 6) is -1.16. The van der Waals surface area contributed by atoms with Gasteiger partial charge in [0.15, 0.2) is 0 Å². The maximum atomic E-state index is 14.6. The van der Waals surface area contributed by atoms with E-state index in [0.29, 0.717) is 45.3 Å². The molecule has 3 aliphatic rings. The highest BCUT2D eigenvalue weighted by molar-refractivity contribution is 6.31. The van der Waals surface area contributed by atoms with E-state index >= 15 is 0 Å². The minimum absolute atomic E-state index is 0.208. The monoisotopic (exact) mass is 554 g/mol. The van der Waals surface area contributed by atoms with Crippen LogP contribution in [0.5, 0.6) is 5.75 Å². The van der Waals surface area contributed by atoms with Crippen molar-refractivity contribution in [2.75, 3.05) is 12.0 Å². The highest BCUT2D eigenvalue weighted by Gasteiger charge is 2.70. The molecule has 4 atom stereocenters. The summed E-state index contributed by atoms with van der Waals surface area (Å²) in [4.78, 5) is 49.0. The van der Waals surface area contributed by atoms with Crippen LogP contribution in [0.1, 0.15) is 31.7 Å². The van der Waals surface area contributed by atoms with Gasteiger partial charge < -0.3 is 4.74 Å². The minimum Gasteiger partial charge on any atom is -0.495 e. The number of hydrogen-bond acceptors (Lipinski definition) is 6. The van der Waals surface area contributed by atoms with E-state index in [2.05, 4.69) is 19.2 Å². The molecule has 7 rings (SSSR count). The smallest absolute Gasteiger partial charge is 0.266 e. The molecule has 3 aromatic carbocycles. The molecule has 0 aliphatic carbocycles. The third-order valence-corrected chi connectivity index (χ3v) is 8.70. The van der Waals surface area contributed by atoms with Crippen molar-refractivity contribution in [3.8, 4) is 11.4 Å². The molecular weight excluding hydrogens is 528 g/mol. The Bertz CT molecular complexity index is 1800. The van der Waals surface area contributed by atoms with Gasteiger partial charge in [0.05, 0.1) is 41.2 Å². The van der Waals surface area contributed by atoms with Crippen LogP contribution in [0.25, 0.3) is 16.6 Å². The highest BCUT2D eigenvalue weighted by atomic mass is 35.5. The number of carbonyl (C=O) groups excluding carboxylic acids is 2. The maximum absolute atomic E-state index is 14.6. The van der Waals surface area contributed by atoms with Crippen LogP contribution >= 0.6 is 11.6 Å². The molecule has 2 amide bonds. The third kappa shape index (κ3) is 3.17. The average molecular weight is 555 g/mol. The lowest BCUT2D eigenvalue weighted by Gasteiger charge is -2.32. The number of hydrogen-bond donors (Lipinski definition) is 1. The third-order valence-electron chi connectivity index (χ3n) is 8.47. The van der Waals surface area contributed by atoms with Crippen molar-refractivity contribution < 1.29 is 14.3 Å². The number of fused-ring (bicyclic) bond motifs is 8. The lowest BCUT2D eigenvalue weighted by Crippen LogP contribution is -2.50. The summed E-state index contributed by atoms with van der Waals surface area (Å²) in [6.07, 6.45) is 0.655. The lowest BCUT2D eigenvalue weighted by molar-refractivity contribution is -0.123. The zero-order valence-corrected chi connectivity index (χ0v) is 23.0. The standard InChI is InChI=1S/C31H27ClN4O4/c1-16(2)14-21-25-26(29(39)35(28(25)38)23-15-17(32)12-13-24(23)40-3)31(34-21)19-9-5-7-11-22(19)36-27(37)18-8-4-6-10-20(18)33-30(31)36/h4-13,15-16,21,25-26,34H,14H2,1-3H3/t21?,25-,26+,31?/m0/s1. The summed E-state index contributed by atoms with van der Waals surface area (Å²) < 4.78 is 7.15. The Morgan fingerprint density at radius 2 is 1.75 bits per heavy atom. The topological polar surface area (TPSA) is 93.5 Å². The summed E-state index contributed by atoms with van der Waals surface area (Å²) in [6.45, 7) is 4.18. The summed E-state index contributed by atoms with van der Waals surface area (Å²) in [7, 11) is 1.49. The highest BCUT2D eigenvalue weighted by Crippen LogP contribution is 2.56. The van der Waals surface area contributed by atoms with Gasteiger partial charge in [-0.15, -0.1) is 0 Å². The SMILES string of the molecule is COc1ccc(Cl)cc1N1C(=O)[C@H]2C(CC(C)C)NC3(c4ccccc4-n4c3nc3ccccc3c4=O)[C@H]2C1=O. The molecule has 1 aromatic heterocycles. The first-order valence-corrected chi connectivity index (χ1v) is 13.8. The Hall–Kier alpha value is -4.01. The predicted molar refractivity (Wildman–Crippen MR) is 152 cm³/mol. The Labute approximate surface area is 235 Å². The number of nitrogens with zero attached hydrogens (tertiary/aromatic N) is 3. The molecule has 2 saturated heterocycles. The minimum atomic E-state index is -1.18. The van der Waals surface area contributed by atoms with Gasteiger partial charge in [-0.25, -0.2) is 9.88 Å². The second-order valence-electron chi connectivity index (χ2n) is 11.1. The van der Waals surface area contributed by atoms with Gasteiger partial charge in [-0.1, -0.05) is 55.8 Å². The number of methoxy groups -OCH3 is 1. The molecule has 202 valence electrons. The van der Waals surface area contributed by atoms with Crippen LogP contribution < -0.4 is 20.5 Å². The maximum Gasteiger partial charge on any atom is 0.266 e. The van der Waals surface area contributed by atoms with Gasteiger partial charge in [0, 0.05) is 16.6 Å². The zero-order chi connectivity index (χ0) is 27.9. The lowest BCUT2D eigenvalue weighted by atomic mass is 9.75. The molecule has 3 aliphatic heterocycles. The molecule has 1 N–H and O–H groups in total. The van der Waals surface area contributed by atoms with Crippen LogP contribution in [0.2, 0.25) is 5.02 Å². The van der Waals surface area contributed by atoms with Crippen molar-refractivity contribution in [1.82, 2.24) is 14.9 Å². The molecule has 2 fully saturated rings. The molecule has 9 heteroatoms. The van der Waals surface area contributed by atoms with Crippen LogP contribution in [0.3, 0.4) is 0 Å². The first kappa shape index (κ1) is 25.0. The fourth-order valence-corrected chi connectivity index (χ4v) is 7.17. The van der Waals surface area contributed by atoms with Crippen molar-refractivity contribution in [2.45, 2.75) is 31.8 Å². The Kier molecular flexibility index (Phi) is 5.46. The molecule has 40 heavy (non-hydrogen) atoms. The molecule has 0 radical (unpaired) electrons. The number of anilines is 1. The number of rotatable bonds is 4. The molecule has 4 aromatic rings. The van der Waals surface area contributed by atoms with Crippen molar-refractivity contribution in [1.29, 1.82) is 0 Å². The summed E-state index contributed by atoms with van der Waals surface area (Å²) in [5.41, 5.74) is 0.890. The van der Waals surface area contributed by atoms with Gasteiger partial charge in [0.2, 0.25) is 11.8 Å². The largest absolute Gasteiger partial charge is 0.495 e. The number of amides is 2. The van der Waals surface area contributed by atoms with Gasteiger partial charge in [0.25, 0.3) is 5.56 Å². The van der Waals surface area contributed by atoms with Gasteiger partial charge >= 0.3 is 0 Å². The second-order valence-corrected chi connectivity index (χ2v) is 11.6. The van der Waals surface area contributed by atoms with E-state index in [1.807, 2.05) is 36.4 Å². The fraction of sp³-hybridized carbons (Fsp3) is 0.290. The molecule has 1 spiro atoms. The van der Waals surface area contributed by atoms with E-state index in [-0.39, 0.29) is 29.3 Å². The Morgan fingerprint density at radius 1 is 1.00 bits per heavy atom. The average Bonchev–Trinajstić information content (AvgIpc) is 3.51. The summed E-state index contributed by atoms with van der Waals surface area (Å²) in [5, 5.41) is 4.61. The van der Waals surface area contributed by atoms with E-state index in [1.165, 1.54) is 12.0 Å². The Balaban J connectivity index is 1.52. The molecule has 2 unspecified atom stereocenters. The summed E-state index contributed by atoms with van der Waals surface area (Å²) in [6, 6.07) is 19.3. The number of benzene rings is 3. The molecule has 4 heterocycles. The normalized spacial score (nSPS) is 24.7. The zero-order valence-electron chi connectivity index (χ0n) is 22.2. The molecule has 8 nitrogen and oxygen atoms in total. The quantitative estimate of drug-likeness (QED) is 0.375. The first-order valence-electron chi connectivity index (χ1n) is 13.4. The van der Waals surface area contributed by atoms with Crippen LogP contribution in [0.15, 0.2) is 71.5 Å². The van der Waals surface area contributed by atoms with Crippen LogP contribution in [-0.4, -0.2) is 34.5 Å². The van der Waals surface area contributed by atoms with E-state index in [4.69, 9.17) is 21.3 Å². The van der Waals surface area contributed by atoms with E-state index in [9.17, 15) is 14.4 Å². The van der Waals surface area contributed by atoms with Crippen LogP contribution in [-0.2, 0) is 15.1 Å². The predicted octanol–water partition coefficient (Wildman–Crippen LogP) is 4.43. The number of ether oxygens (including phenoxy) is 1. The summed E-state index contributed by atoms with van der Waals surface area (Å²) >= 11 is 6.33. The van der Waals surface area contributed by atoms with E-state index in [0.717, 1.165) is 5.56 Å². The van der Waals surface area contributed by atoms with Gasteiger partial charge in [-0.05, 0) is 48.7 Å². The molecule has 0 bridgehead atoms. The van der Waals surface area contributed by atoms with E-state index in [1.54, 1.807) is 34.9 Å². The molecule has 0 saturated carbocycles. The molecular formula is C31H27ClN4O4. The van der Waals surface area contributed by atoms with Gasteiger partial charge in [-0.2, -0.15) is 0 Å². The van der Waals surface area contributed by atoms with E-state index < -0.39 is 17.4 Å². The van der Waals surface area contributed by atoms with Crippen molar-refractivity contribution >= 4 is 40.0 Å².